The zero-order chi connectivity index (χ0) is 14.3. The minimum Gasteiger partial charge on any atom is -0.349 e. The molecule has 114 valence electrons. The number of aryl methyl sites for hydroxylation is 1. The summed E-state index contributed by atoms with van der Waals surface area (Å²) >= 11 is 0. The Hall–Kier alpha value is -1.06. The molecule has 0 spiro atoms. The lowest BCUT2D eigenvalue weighted by Gasteiger charge is -2.23. The minimum atomic E-state index is 0. The van der Waals surface area contributed by atoms with Gasteiger partial charge >= 0.3 is 0 Å². The number of hydrogen-bond acceptors (Lipinski definition) is 2. The molecule has 0 aliphatic rings. The van der Waals surface area contributed by atoms with Crippen molar-refractivity contribution in [1.82, 2.24) is 5.32 Å². The van der Waals surface area contributed by atoms with E-state index in [1.165, 1.54) is 11.1 Å². The van der Waals surface area contributed by atoms with Crippen molar-refractivity contribution in [3.05, 3.63) is 35.4 Å². The summed E-state index contributed by atoms with van der Waals surface area (Å²) in [6.07, 6.45) is 2.21. The van der Waals surface area contributed by atoms with E-state index in [0.717, 1.165) is 12.8 Å². The molecule has 1 rings (SSSR count). The Morgan fingerprint density at radius 2 is 1.95 bits per heavy atom. The van der Waals surface area contributed by atoms with Gasteiger partial charge in [0.25, 0.3) is 0 Å². The Kier molecular flexibility index (Phi) is 9.26. The molecule has 1 atom stereocenters. The number of carbonyl (C=O) groups is 1. The maximum absolute atomic E-state index is 11.9. The lowest BCUT2D eigenvalue weighted by Crippen LogP contribution is -2.30. The normalized spacial score (nSPS) is 11.8. The van der Waals surface area contributed by atoms with Gasteiger partial charge in [-0.2, -0.15) is 0 Å². The second-order valence-corrected chi connectivity index (χ2v) is 5.50. The molecule has 1 aromatic carbocycles. The molecule has 0 bridgehead atoms. The van der Waals surface area contributed by atoms with Crippen LogP contribution in [0.25, 0.3) is 0 Å². The number of halogens is 1. The first-order chi connectivity index (χ1) is 9.04. The van der Waals surface area contributed by atoms with Crippen molar-refractivity contribution in [2.24, 2.45) is 11.7 Å². The molecule has 0 saturated heterocycles. The number of amides is 1. The van der Waals surface area contributed by atoms with Gasteiger partial charge in [0, 0.05) is 6.42 Å². The fourth-order valence-corrected chi connectivity index (χ4v) is 2.24. The summed E-state index contributed by atoms with van der Waals surface area (Å²) in [4.78, 5) is 11.9. The summed E-state index contributed by atoms with van der Waals surface area (Å²) in [5.41, 5.74) is 7.89. The molecule has 0 radical (unpaired) electrons. The van der Waals surface area contributed by atoms with E-state index in [4.69, 9.17) is 5.73 Å². The maximum Gasteiger partial charge on any atom is 0.220 e. The largest absolute Gasteiger partial charge is 0.349 e. The van der Waals surface area contributed by atoms with Gasteiger partial charge in [-0.05, 0) is 43.4 Å². The molecular weight excluding hydrogens is 272 g/mol. The molecule has 0 aliphatic heterocycles. The molecule has 0 fully saturated rings. The Morgan fingerprint density at radius 1 is 1.30 bits per heavy atom. The van der Waals surface area contributed by atoms with Gasteiger partial charge in [0.1, 0.15) is 0 Å². The summed E-state index contributed by atoms with van der Waals surface area (Å²) in [5.74, 6) is 0.638. The van der Waals surface area contributed by atoms with E-state index < -0.39 is 0 Å². The monoisotopic (exact) mass is 298 g/mol. The van der Waals surface area contributed by atoms with E-state index in [1.54, 1.807) is 0 Å². The summed E-state index contributed by atoms with van der Waals surface area (Å²) in [6, 6.07) is 8.36. The maximum atomic E-state index is 11.9. The van der Waals surface area contributed by atoms with Crippen LogP contribution in [-0.2, 0) is 4.79 Å². The van der Waals surface area contributed by atoms with E-state index in [1.807, 2.05) is 12.1 Å². The molecule has 1 amide bonds. The summed E-state index contributed by atoms with van der Waals surface area (Å²) in [7, 11) is 0. The van der Waals surface area contributed by atoms with E-state index >= 15 is 0 Å². The summed E-state index contributed by atoms with van der Waals surface area (Å²) in [6.45, 7) is 7.01. The van der Waals surface area contributed by atoms with Crippen LogP contribution in [0.3, 0.4) is 0 Å². The first kappa shape index (κ1) is 18.9. The average molecular weight is 299 g/mol. The van der Waals surface area contributed by atoms with E-state index in [2.05, 4.69) is 38.2 Å². The van der Waals surface area contributed by atoms with Crippen LogP contribution < -0.4 is 11.1 Å². The van der Waals surface area contributed by atoms with Crippen molar-refractivity contribution >= 4 is 18.3 Å². The molecule has 3 nitrogen and oxygen atoms in total. The quantitative estimate of drug-likeness (QED) is 0.811. The van der Waals surface area contributed by atoms with Crippen LogP contribution >= 0.6 is 12.4 Å². The van der Waals surface area contributed by atoms with Crippen molar-refractivity contribution < 1.29 is 4.79 Å². The highest BCUT2D eigenvalue weighted by Gasteiger charge is 2.17. The number of nitrogens with one attached hydrogen (secondary N) is 1. The van der Waals surface area contributed by atoms with Crippen LogP contribution in [0.15, 0.2) is 24.3 Å². The average Bonchev–Trinajstić information content (AvgIpc) is 2.35. The van der Waals surface area contributed by atoms with Gasteiger partial charge < -0.3 is 11.1 Å². The van der Waals surface area contributed by atoms with Gasteiger partial charge in [0.05, 0.1) is 6.04 Å². The highest BCUT2D eigenvalue weighted by molar-refractivity contribution is 5.85. The lowest BCUT2D eigenvalue weighted by molar-refractivity contribution is -0.122. The minimum absolute atomic E-state index is 0. The fourth-order valence-electron chi connectivity index (χ4n) is 2.24. The van der Waals surface area contributed by atoms with Crippen molar-refractivity contribution in [3.8, 4) is 0 Å². The van der Waals surface area contributed by atoms with Gasteiger partial charge in [-0.3, -0.25) is 4.79 Å². The number of carbonyl (C=O) groups excluding carboxylic acids is 1. The molecule has 1 aromatic rings. The molecular formula is C16H27ClN2O. The zero-order valence-electron chi connectivity index (χ0n) is 12.7. The third-order valence-electron chi connectivity index (χ3n) is 3.21. The van der Waals surface area contributed by atoms with E-state index in [9.17, 15) is 4.79 Å². The van der Waals surface area contributed by atoms with Gasteiger partial charge in [0.2, 0.25) is 5.91 Å². The van der Waals surface area contributed by atoms with E-state index in [-0.39, 0.29) is 24.4 Å². The first-order valence-corrected chi connectivity index (χ1v) is 7.09. The Morgan fingerprint density at radius 3 is 2.50 bits per heavy atom. The fraction of sp³-hybridized carbons (Fsp3) is 0.562. The highest BCUT2D eigenvalue weighted by Crippen LogP contribution is 2.24. The molecule has 3 N–H and O–H groups in total. The molecule has 0 aliphatic carbocycles. The van der Waals surface area contributed by atoms with Crippen LogP contribution in [0.4, 0.5) is 0 Å². The number of benzene rings is 1. The second-order valence-electron chi connectivity index (χ2n) is 5.50. The van der Waals surface area contributed by atoms with Crippen molar-refractivity contribution in [3.63, 3.8) is 0 Å². The Bertz CT molecular complexity index is 407. The van der Waals surface area contributed by atoms with Gasteiger partial charge in [-0.1, -0.05) is 38.1 Å². The number of rotatable bonds is 7. The van der Waals surface area contributed by atoms with Gasteiger partial charge in [-0.25, -0.2) is 0 Å². The Labute approximate surface area is 128 Å². The summed E-state index contributed by atoms with van der Waals surface area (Å²) < 4.78 is 0. The van der Waals surface area contributed by atoms with Crippen LogP contribution in [0.1, 0.15) is 50.3 Å². The molecule has 0 aromatic heterocycles. The molecule has 4 heteroatoms. The summed E-state index contributed by atoms with van der Waals surface area (Å²) in [5, 5.41) is 3.15. The first-order valence-electron chi connectivity index (χ1n) is 7.09. The van der Waals surface area contributed by atoms with Crippen LogP contribution in [0, 0.1) is 12.8 Å². The highest BCUT2D eigenvalue weighted by atomic mass is 35.5. The predicted octanol–water partition coefficient (Wildman–Crippen LogP) is 3.36. The van der Waals surface area contributed by atoms with Crippen molar-refractivity contribution in [2.75, 3.05) is 6.54 Å². The predicted molar refractivity (Wildman–Crippen MR) is 87.1 cm³/mol. The van der Waals surface area contributed by atoms with Crippen molar-refractivity contribution in [1.29, 1.82) is 0 Å². The molecule has 0 saturated carbocycles. The molecule has 20 heavy (non-hydrogen) atoms. The number of hydrogen-bond donors (Lipinski definition) is 2. The topological polar surface area (TPSA) is 55.1 Å². The van der Waals surface area contributed by atoms with Crippen LogP contribution in [-0.4, -0.2) is 12.5 Å². The second kappa shape index (κ2) is 9.78. The standard InChI is InChI=1S/C16H26N2O.ClH/c1-12(2)11-15(18-16(19)9-6-10-17)14-8-5-4-7-13(14)3;/h4-5,7-8,12,15H,6,9-11,17H2,1-3H3,(H,18,19);1H. The van der Waals surface area contributed by atoms with Crippen LogP contribution in [0.5, 0.6) is 0 Å². The SMILES string of the molecule is Cc1ccccc1C(CC(C)C)NC(=O)CCCN.Cl. The third kappa shape index (κ3) is 6.40. The van der Waals surface area contributed by atoms with Gasteiger partial charge in [0.15, 0.2) is 0 Å². The third-order valence-corrected chi connectivity index (χ3v) is 3.21. The number of nitrogens with two attached hydrogens (primary N) is 1. The zero-order valence-corrected chi connectivity index (χ0v) is 13.5. The smallest absolute Gasteiger partial charge is 0.220 e. The van der Waals surface area contributed by atoms with E-state index in [0.29, 0.717) is 18.9 Å². The lowest BCUT2D eigenvalue weighted by atomic mass is 9.93. The van der Waals surface area contributed by atoms with Crippen molar-refractivity contribution in [2.45, 2.75) is 46.1 Å². The Balaban J connectivity index is 0.00000361. The van der Waals surface area contributed by atoms with Gasteiger partial charge in [-0.15, -0.1) is 12.4 Å². The molecule has 0 heterocycles. The van der Waals surface area contributed by atoms with Crippen LogP contribution in [0.2, 0.25) is 0 Å². The molecule has 1 unspecified atom stereocenters.